The topological polar surface area (TPSA) is 92.6 Å². The number of carbonyl (C=O) groups excluding carboxylic acids is 2. The van der Waals surface area contributed by atoms with Crippen LogP contribution in [0.25, 0.3) is 0 Å². The molecule has 0 spiro atoms. The standard InChI is InChI=1S/C19H17F2N3O4/c20-15-4-2-1-3-12(15)7-8-22-19(26)13-9-18(25)23(11-13)14-5-6-16(21)17(10-14)24(27)28/h1-6,10,13H,7-9,11H2,(H,22,26). The summed E-state index contributed by atoms with van der Waals surface area (Å²) in [5.74, 6) is -2.73. The van der Waals surface area contributed by atoms with Crippen LogP contribution in [-0.2, 0) is 16.0 Å². The van der Waals surface area contributed by atoms with E-state index in [9.17, 15) is 28.5 Å². The van der Waals surface area contributed by atoms with Gasteiger partial charge in [-0.2, -0.15) is 4.39 Å². The second-order valence-corrected chi connectivity index (χ2v) is 6.43. The van der Waals surface area contributed by atoms with Crippen molar-refractivity contribution in [1.29, 1.82) is 0 Å². The molecule has 1 unspecified atom stereocenters. The van der Waals surface area contributed by atoms with Crippen molar-refractivity contribution >= 4 is 23.2 Å². The van der Waals surface area contributed by atoms with Gasteiger partial charge in [0.1, 0.15) is 5.82 Å². The fourth-order valence-corrected chi connectivity index (χ4v) is 3.11. The van der Waals surface area contributed by atoms with Gasteiger partial charge in [-0.3, -0.25) is 19.7 Å². The van der Waals surface area contributed by atoms with Crippen molar-refractivity contribution < 1.29 is 23.3 Å². The summed E-state index contributed by atoms with van der Waals surface area (Å²) in [5, 5.41) is 13.6. The molecule has 9 heteroatoms. The van der Waals surface area contributed by atoms with Crippen LogP contribution in [0.3, 0.4) is 0 Å². The minimum absolute atomic E-state index is 0.0349. The molecule has 0 radical (unpaired) electrons. The Hall–Kier alpha value is -3.36. The van der Waals surface area contributed by atoms with Crippen molar-refractivity contribution in [1.82, 2.24) is 5.32 Å². The van der Waals surface area contributed by atoms with Crippen molar-refractivity contribution in [2.45, 2.75) is 12.8 Å². The predicted octanol–water partition coefficient (Wildman–Crippen LogP) is 2.58. The van der Waals surface area contributed by atoms with Crippen LogP contribution in [0.4, 0.5) is 20.2 Å². The highest BCUT2D eigenvalue weighted by Gasteiger charge is 2.35. The van der Waals surface area contributed by atoms with Crippen LogP contribution >= 0.6 is 0 Å². The van der Waals surface area contributed by atoms with E-state index in [2.05, 4.69) is 5.32 Å². The second kappa shape index (κ2) is 8.12. The van der Waals surface area contributed by atoms with Crippen molar-refractivity contribution in [3.05, 3.63) is 69.8 Å². The summed E-state index contributed by atoms with van der Waals surface area (Å²) in [6, 6.07) is 9.41. The number of rotatable bonds is 6. The summed E-state index contributed by atoms with van der Waals surface area (Å²) in [7, 11) is 0. The van der Waals surface area contributed by atoms with Gasteiger partial charge in [-0.05, 0) is 30.2 Å². The summed E-state index contributed by atoms with van der Waals surface area (Å²) < 4.78 is 27.1. The van der Waals surface area contributed by atoms with Crippen LogP contribution in [-0.4, -0.2) is 29.8 Å². The molecule has 0 saturated carbocycles. The number of hydrogen-bond acceptors (Lipinski definition) is 4. The van der Waals surface area contributed by atoms with Gasteiger partial charge in [0.2, 0.25) is 17.6 Å². The first-order chi connectivity index (χ1) is 13.4. The van der Waals surface area contributed by atoms with Crippen LogP contribution < -0.4 is 10.2 Å². The van der Waals surface area contributed by atoms with Gasteiger partial charge in [-0.25, -0.2) is 4.39 Å². The fourth-order valence-electron chi connectivity index (χ4n) is 3.11. The highest BCUT2D eigenvalue weighted by Crippen LogP contribution is 2.29. The Labute approximate surface area is 159 Å². The average molecular weight is 389 g/mol. The molecule has 1 aliphatic heterocycles. The fraction of sp³-hybridized carbons (Fsp3) is 0.263. The van der Waals surface area contributed by atoms with Crippen LogP contribution in [0.15, 0.2) is 42.5 Å². The maximum Gasteiger partial charge on any atom is 0.306 e. The molecule has 0 aromatic heterocycles. The molecule has 0 bridgehead atoms. The van der Waals surface area contributed by atoms with Gasteiger partial charge < -0.3 is 10.2 Å². The van der Waals surface area contributed by atoms with Crippen molar-refractivity contribution in [2.75, 3.05) is 18.0 Å². The zero-order chi connectivity index (χ0) is 20.3. The lowest BCUT2D eigenvalue weighted by Crippen LogP contribution is -2.34. The van der Waals surface area contributed by atoms with E-state index in [4.69, 9.17) is 0 Å². The number of anilines is 1. The van der Waals surface area contributed by atoms with Crippen molar-refractivity contribution in [2.24, 2.45) is 5.92 Å². The van der Waals surface area contributed by atoms with E-state index >= 15 is 0 Å². The molecule has 1 N–H and O–H groups in total. The van der Waals surface area contributed by atoms with Gasteiger partial charge in [0.15, 0.2) is 0 Å². The van der Waals surface area contributed by atoms with Crippen molar-refractivity contribution in [3.8, 4) is 0 Å². The Kier molecular flexibility index (Phi) is 5.62. The molecule has 3 rings (SSSR count). The van der Waals surface area contributed by atoms with Crippen molar-refractivity contribution in [3.63, 3.8) is 0 Å². The number of benzene rings is 2. The molecule has 0 aliphatic carbocycles. The van der Waals surface area contributed by atoms with E-state index < -0.39 is 22.3 Å². The number of nitro groups is 1. The highest BCUT2D eigenvalue weighted by molar-refractivity contribution is 6.00. The largest absolute Gasteiger partial charge is 0.355 e. The molecule has 1 fully saturated rings. The van der Waals surface area contributed by atoms with Crippen LogP contribution in [0.2, 0.25) is 0 Å². The van der Waals surface area contributed by atoms with Gasteiger partial charge in [-0.1, -0.05) is 18.2 Å². The molecule has 2 aromatic carbocycles. The molecule has 7 nitrogen and oxygen atoms in total. The summed E-state index contributed by atoms with van der Waals surface area (Å²) in [6.07, 6.45) is 0.254. The van der Waals surface area contributed by atoms with Gasteiger partial charge in [0.25, 0.3) is 0 Å². The minimum atomic E-state index is -0.997. The van der Waals surface area contributed by atoms with Crippen LogP contribution in [0.1, 0.15) is 12.0 Å². The Morgan fingerprint density at radius 3 is 2.68 bits per heavy atom. The summed E-state index contributed by atoms with van der Waals surface area (Å²) in [5.41, 5.74) is -0.0895. The van der Waals surface area contributed by atoms with Crippen LogP contribution in [0.5, 0.6) is 0 Å². The number of hydrogen-bond donors (Lipinski definition) is 1. The molecule has 1 heterocycles. The minimum Gasteiger partial charge on any atom is -0.355 e. The molecule has 146 valence electrons. The first kappa shape index (κ1) is 19.4. The SMILES string of the molecule is O=C(NCCc1ccccc1F)C1CC(=O)N(c2ccc(F)c([N+](=O)[O-])c2)C1. The lowest BCUT2D eigenvalue weighted by molar-refractivity contribution is -0.387. The number of halogens is 2. The van der Waals surface area contributed by atoms with E-state index in [0.717, 1.165) is 12.1 Å². The van der Waals surface area contributed by atoms with E-state index in [1.54, 1.807) is 18.2 Å². The molecular weight excluding hydrogens is 372 g/mol. The van der Waals surface area contributed by atoms with E-state index in [1.165, 1.54) is 17.0 Å². The third-order valence-corrected chi connectivity index (χ3v) is 4.59. The number of nitrogens with zero attached hydrogens (tertiary/aromatic N) is 2. The normalized spacial score (nSPS) is 16.3. The first-order valence-corrected chi connectivity index (χ1v) is 8.62. The summed E-state index contributed by atoms with van der Waals surface area (Å²) in [6.45, 7) is 0.250. The quantitative estimate of drug-likeness (QED) is 0.607. The smallest absolute Gasteiger partial charge is 0.306 e. The maximum atomic E-state index is 13.6. The van der Waals surface area contributed by atoms with Crippen LogP contribution in [0, 0.1) is 27.7 Å². The van der Waals surface area contributed by atoms with Gasteiger partial charge >= 0.3 is 5.69 Å². The molecule has 1 atom stereocenters. The monoisotopic (exact) mass is 389 g/mol. The molecule has 28 heavy (non-hydrogen) atoms. The van der Waals surface area contributed by atoms with Gasteiger partial charge in [0, 0.05) is 25.6 Å². The average Bonchev–Trinajstić information content (AvgIpc) is 3.05. The number of nitrogens with one attached hydrogen (secondary N) is 1. The Morgan fingerprint density at radius 1 is 1.21 bits per heavy atom. The van der Waals surface area contributed by atoms with Gasteiger partial charge in [0.05, 0.1) is 16.5 Å². The highest BCUT2D eigenvalue weighted by atomic mass is 19.1. The second-order valence-electron chi connectivity index (χ2n) is 6.43. The summed E-state index contributed by atoms with van der Waals surface area (Å²) >= 11 is 0. The zero-order valence-corrected chi connectivity index (χ0v) is 14.7. The zero-order valence-electron chi connectivity index (χ0n) is 14.7. The predicted molar refractivity (Wildman–Crippen MR) is 96.6 cm³/mol. The van der Waals surface area contributed by atoms with E-state index in [1.807, 2.05) is 0 Å². The molecule has 1 saturated heterocycles. The lowest BCUT2D eigenvalue weighted by Gasteiger charge is -2.16. The maximum absolute atomic E-state index is 13.6. The third-order valence-electron chi connectivity index (χ3n) is 4.59. The molecule has 2 aromatic rings. The van der Waals surface area contributed by atoms with Gasteiger partial charge in [-0.15, -0.1) is 0 Å². The lowest BCUT2D eigenvalue weighted by atomic mass is 10.1. The van der Waals surface area contributed by atoms with E-state index in [0.29, 0.717) is 12.0 Å². The first-order valence-electron chi connectivity index (χ1n) is 8.62. The molecular formula is C19H17F2N3O4. The Bertz CT molecular complexity index is 935. The third kappa shape index (κ3) is 4.13. The molecule has 1 aliphatic rings. The number of nitro benzene ring substituents is 1. The number of carbonyl (C=O) groups is 2. The Morgan fingerprint density at radius 2 is 1.96 bits per heavy atom. The summed E-state index contributed by atoms with van der Waals surface area (Å²) in [4.78, 5) is 35.8. The Balaban J connectivity index is 1.61. The number of amides is 2. The molecule has 2 amide bonds. The van der Waals surface area contributed by atoms with E-state index in [-0.39, 0.29) is 42.8 Å².